The zero-order valence-electron chi connectivity index (χ0n) is 16.7. The number of ether oxygens (including phenoxy) is 2. The van der Waals surface area contributed by atoms with E-state index in [0.29, 0.717) is 34.7 Å². The number of amides is 3. The average Bonchev–Trinajstić information content (AvgIpc) is 3.12. The van der Waals surface area contributed by atoms with Gasteiger partial charge in [-0.1, -0.05) is 30.8 Å². The van der Waals surface area contributed by atoms with Crippen molar-refractivity contribution in [3.8, 4) is 11.8 Å². The summed E-state index contributed by atoms with van der Waals surface area (Å²) in [7, 11) is 0. The average molecular weight is 437 g/mol. The highest BCUT2D eigenvalue weighted by Crippen LogP contribution is 2.34. The molecular formula is C22H19N3O5S. The highest BCUT2D eigenvalue weighted by Gasteiger charge is 2.38. The van der Waals surface area contributed by atoms with Crippen molar-refractivity contribution in [1.82, 2.24) is 4.90 Å². The molecule has 1 fully saturated rings. The Labute approximate surface area is 183 Å². The van der Waals surface area contributed by atoms with Crippen LogP contribution in [-0.2, 0) is 9.53 Å². The maximum Gasteiger partial charge on any atom is 0.291 e. The molecule has 31 heavy (non-hydrogen) atoms. The molecule has 0 saturated carbocycles. The number of benzene rings is 2. The van der Waals surface area contributed by atoms with Crippen LogP contribution in [0.2, 0.25) is 0 Å². The molecule has 0 N–H and O–H groups in total. The number of carbonyl (C=O) groups excluding carboxylic acids is 3. The molecule has 3 amide bonds. The van der Waals surface area contributed by atoms with Gasteiger partial charge in [0, 0.05) is 17.9 Å². The lowest BCUT2D eigenvalue weighted by atomic mass is 10.1. The Balaban J connectivity index is 1.67. The predicted molar refractivity (Wildman–Crippen MR) is 114 cm³/mol. The highest BCUT2D eigenvalue weighted by molar-refractivity contribution is 8.14. The molecule has 2 heterocycles. The largest absolute Gasteiger partial charge is 0.472 e. The maximum absolute atomic E-state index is 13.1. The quantitative estimate of drug-likeness (QED) is 0.680. The summed E-state index contributed by atoms with van der Waals surface area (Å²) >= 11 is 0.945. The van der Waals surface area contributed by atoms with Crippen LogP contribution in [0.4, 0.5) is 10.5 Å². The van der Waals surface area contributed by atoms with Gasteiger partial charge in [-0.25, -0.2) is 4.90 Å². The van der Waals surface area contributed by atoms with Crippen molar-refractivity contribution < 1.29 is 23.9 Å². The van der Waals surface area contributed by atoms with Gasteiger partial charge in [0.25, 0.3) is 11.1 Å². The number of carbonyl (C=O) groups is 3. The minimum absolute atomic E-state index is 0.000895. The standard InChI is InChI=1S/C22H19N3O5S/c1-2-8-29-21(25-19(26)12-31-22(25)28)15-4-3-5-16(10-15)24-13-30-18-7-6-14(11-23)9-17(18)20(24)27/h3-7,9-10,21H,2,8,12-13H2,1H3. The van der Waals surface area contributed by atoms with Gasteiger partial charge in [-0.05, 0) is 36.8 Å². The number of anilines is 1. The van der Waals surface area contributed by atoms with Crippen molar-refractivity contribution in [3.05, 3.63) is 59.2 Å². The molecule has 2 aromatic rings. The van der Waals surface area contributed by atoms with E-state index < -0.39 is 6.23 Å². The maximum atomic E-state index is 13.1. The summed E-state index contributed by atoms with van der Waals surface area (Å²) in [6, 6.07) is 13.7. The number of hydrogen-bond acceptors (Lipinski definition) is 7. The number of thioether (sulfide) groups is 1. The fourth-order valence-corrected chi connectivity index (χ4v) is 4.13. The third-order valence-corrected chi connectivity index (χ3v) is 5.73. The van der Waals surface area contributed by atoms with E-state index in [0.717, 1.165) is 23.1 Å². The first-order chi connectivity index (χ1) is 15.0. The van der Waals surface area contributed by atoms with Crippen molar-refractivity contribution in [2.75, 3.05) is 24.0 Å². The van der Waals surface area contributed by atoms with E-state index in [1.54, 1.807) is 36.4 Å². The Hall–Kier alpha value is -3.35. The Bertz CT molecular complexity index is 1080. The summed E-state index contributed by atoms with van der Waals surface area (Å²) < 4.78 is 11.6. The first-order valence-electron chi connectivity index (χ1n) is 9.72. The fraction of sp³-hybridized carbons (Fsp3) is 0.273. The topological polar surface area (TPSA) is 99.9 Å². The van der Waals surface area contributed by atoms with Gasteiger partial charge >= 0.3 is 0 Å². The molecular weight excluding hydrogens is 418 g/mol. The van der Waals surface area contributed by atoms with Crippen molar-refractivity contribution in [2.24, 2.45) is 0 Å². The molecule has 2 aliphatic rings. The molecule has 158 valence electrons. The van der Waals surface area contributed by atoms with Crippen LogP contribution >= 0.6 is 11.8 Å². The van der Waals surface area contributed by atoms with Gasteiger partial charge in [0.15, 0.2) is 13.0 Å². The van der Waals surface area contributed by atoms with Crippen LogP contribution < -0.4 is 9.64 Å². The predicted octanol–water partition coefficient (Wildman–Crippen LogP) is 3.68. The third-order valence-electron chi connectivity index (χ3n) is 4.90. The van der Waals surface area contributed by atoms with E-state index in [1.807, 2.05) is 13.0 Å². The van der Waals surface area contributed by atoms with Crippen molar-refractivity contribution >= 4 is 34.5 Å². The minimum Gasteiger partial charge on any atom is -0.472 e. The SMILES string of the molecule is CCCOC(c1cccc(N2COc3ccc(C#N)cc3C2=O)c1)N1C(=O)CSC1=O. The molecule has 0 bridgehead atoms. The van der Waals surface area contributed by atoms with Gasteiger partial charge in [0.2, 0.25) is 5.91 Å². The van der Waals surface area contributed by atoms with Crippen LogP contribution in [0.3, 0.4) is 0 Å². The minimum atomic E-state index is -0.867. The van der Waals surface area contributed by atoms with Crippen molar-refractivity contribution in [1.29, 1.82) is 5.26 Å². The molecule has 9 heteroatoms. The first-order valence-corrected chi connectivity index (χ1v) is 10.7. The van der Waals surface area contributed by atoms with Crippen LogP contribution in [0.5, 0.6) is 5.75 Å². The third kappa shape index (κ3) is 4.00. The Morgan fingerprint density at radius 2 is 2.06 bits per heavy atom. The number of nitriles is 1. The van der Waals surface area contributed by atoms with Gasteiger partial charge in [-0.15, -0.1) is 0 Å². The zero-order chi connectivity index (χ0) is 22.0. The molecule has 2 aromatic carbocycles. The molecule has 1 saturated heterocycles. The van der Waals surface area contributed by atoms with Gasteiger partial charge in [-0.3, -0.25) is 19.3 Å². The second-order valence-corrected chi connectivity index (χ2v) is 7.89. The van der Waals surface area contributed by atoms with E-state index in [-0.39, 0.29) is 29.5 Å². The van der Waals surface area contributed by atoms with Gasteiger partial charge < -0.3 is 9.47 Å². The lowest BCUT2D eigenvalue weighted by Crippen LogP contribution is -2.39. The number of hydrogen-bond donors (Lipinski definition) is 0. The lowest BCUT2D eigenvalue weighted by molar-refractivity contribution is -0.136. The van der Waals surface area contributed by atoms with Gasteiger partial charge in [0.05, 0.1) is 22.9 Å². The van der Waals surface area contributed by atoms with Crippen LogP contribution in [0.1, 0.15) is 41.1 Å². The normalized spacial score (nSPS) is 16.7. The van der Waals surface area contributed by atoms with Gasteiger partial charge in [0.1, 0.15) is 5.75 Å². The van der Waals surface area contributed by atoms with Crippen LogP contribution in [0, 0.1) is 11.3 Å². The van der Waals surface area contributed by atoms with Gasteiger partial charge in [-0.2, -0.15) is 5.26 Å². The Morgan fingerprint density at radius 1 is 1.23 bits per heavy atom. The number of nitrogens with zero attached hydrogens (tertiary/aromatic N) is 3. The van der Waals surface area contributed by atoms with Crippen LogP contribution in [0.25, 0.3) is 0 Å². The summed E-state index contributed by atoms with van der Waals surface area (Å²) in [5.41, 5.74) is 1.78. The monoisotopic (exact) mass is 437 g/mol. The second kappa shape index (κ2) is 8.79. The van der Waals surface area contributed by atoms with Crippen molar-refractivity contribution in [2.45, 2.75) is 19.6 Å². The summed E-state index contributed by atoms with van der Waals surface area (Å²) in [4.78, 5) is 40.2. The summed E-state index contributed by atoms with van der Waals surface area (Å²) in [5.74, 6) is -0.103. The zero-order valence-corrected chi connectivity index (χ0v) is 17.6. The Kier molecular flexibility index (Phi) is 5.93. The number of rotatable bonds is 6. The van der Waals surface area contributed by atoms with Crippen LogP contribution in [0.15, 0.2) is 42.5 Å². The molecule has 2 aliphatic heterocycles. The molecule has 1 atom stereocenters. The molecule has 8 nitrogen and oxygen atoms in total. The first kappa shape index (κ1) is 20.9. The number of fused-ring (bicyclic) bond motifs is 1. The fourth-order valence-electron chi connectivity index (χ4n) is 3.41. The van der Waals surface area contributed by atoms with E-state index in [2.05, 4.69) is 0 Å². The summed E-state index contributed by atoms with van der Waals surface area (Å²) in [5, 5.41) is 8.78. The molecule has 1 unspecified atom stereocenters. The van der Waals surface area contributed by atoms with E-state index in [9.17, 15) is 14.4 Å². The molecule has 4 rings (SSSR count). The lowest BCUT2D eigenvalue weighted by Gasteiger charge is -2.30. The molecule has 0 aromatic heterocycles. The summed E-state index contributed by atoms with van der Waals surface area (Å²) in [6.07, 6.45) is -0.149. The second-order valence-electron chi connectivity index (χ2n) is 6.97. The smallest absolute Gasteiger partial charge is 0.291 e. The summed E-state index contributed by atoms with van der Waals surface area (Å²) in [6.45, 7) is 2.30. The van der Waals surface area contributed by atoms with E-state index >= 15 is 0 Å². The molecule has 0 spiro atoms. The molecule has 0 aliphatic carbocycles. The molecule has 0 radical (unpaired) electrons. The van der Waals surface area contributed by atoms with Crippen molar-refractivity contribution in [3.63, 3.8) is 0 Å². The van der Waals surface area contributed by atoms with E-state index in [4.69, 9.17) is 14.7 Å². The Morgan fingerprint density at radius 3 is 2.77 bits per heavy atom. The van der Waals surface area contributed by atoms with E-state index in [1.165, 1.54) is 11.0 Å². The number of imide groups is 1. The highest BCUT2D eigenvalue weighted by atomic mass is 32.2. The van der Waals surface area contributed by atoms with Crippen LogP contribution in [-0.4, -0.2) is 41.0 Å².